The molecule has 3 rings (SSSR count). The predicted octanol–water partition coefficient (Wildman–Crippen LogP) is 2.96. The fourth-order valence-electron chi connectivity index (χ4n) is 3.07. The van der Waals surface area contributed by atoms with Crippen LogP contribution in [0.5, 0.6) is 5.75 Å². The van der Waals surface area contributed by atoms with Crippen LogP contribution < -0.4 is 5.56 Å². The predicted molar refractivity (Wildman–Crippen MR) is 103 cm³/mol. The van der Waals surface area contributed by atoms with Crippen molar-refractivity contribution < 1.29 is 33.0 Å². The van der Waals surface area contributed by atoms with Crippen LogP contribution in [0.15, 0.2) is 51.8 Å². The van der Waals surface area contributed by atoms with Crippen molar-refractivity contribution >= 4 is 11.9 Å². The molecular weight excluding hydrogens is 397 g/mol. The van der Waals surface area contributed by atoms with E-state index < -0.39 is 35.0 Å². The Hall–Kier alpha value is -3.88. The maximum atomic E-state index is 14.1. The number of hydrogen-bond donors (Lipinski definition) is 2. The summed E-state index contributed by atoms with van der Waals surface area (Å²) in [5.74, 6) is -3.58. The molecule has 0 aliphatic rings. The van der Waals surface area contributed by atoms with Gasteiger partial charge in [-0.15, -0.1) is 0 Å². The Morgan fingerprint density at radius 1 is 1.17 bits per heavy atom. The number of benzene rings is 1. The number of pyridine rings is 1. The number of aromatic nitrogens is 1. The van der Waals surface area contributed by atoms with Gasteiger partial charge < -0.3 is 24.0 Å². The van der Waals surface area contributed by atoms with E-state index in [9.17, 15) is 23.9 Å². The van der Waals surface area contributed by atoms with Crippen molar-refractivity contribution in [2.75, 3.05) is 14.2 Å². The molecule has 1 unspecified atom stereocenters. The molecule has 2 heterocycles. The minimum atomic E-state index is -1.11. The Labute approximate surface area is 169 Å². The molecular formula is C21H18FNO7. The normalized spacial score (nSPS) is 11.7. The average molecular weight is 415 g/mol. The summed E-state index contributed by atoms with van der Waals surface area (Å²) in [4.78, 5) is 38.7. The van der Waals surface area contributed by atoms with Gasteiger partial charge in [0.15, 0.2) is 0 Å². The van der Waals surface area contributed by atoms with Crippen molar-refractivity contribution in [3.63, 3.8) is 0 Å². The first-order valence-corrected chi connectivity index (χ1v) is 8.81. The first-order valence-electron chi connectivity index (χ1n) is 8.81. The van der Waals surface area contributed by atoms with Crippen LogP contribution in [0.25, 0.3) is 11.3 Å². The molecule has 0 bridgehead atoms. The maximum Gasteiger partial charge on any atom is 0.343 e. The minimum absolute atomic E-state index is 0.0986. The fourth-order valence-corrected chi connectivity index (χ4v) is 3.07. The van der Waals surface area contributed by atoms with Crippen LogP contribution in [-0.4, -0.2) is 36.2 Å². The number of rotatable bonds is 6. The highest BCUT2D eigenvalue weighted by atomic mass is 19.1. The van der Waals surface area contributed by atoms with Crippen LogP contribution in [0, 0.1) is 5.82 Å². The number of halogens is 1. The standard InChI is InChI=1S/C21H18FNO7/c1-28-17(24)9-12(18-19(25)13(21(27)29-2)10-23-20(18)26)16-8-7-15(30-16)11-5-3-4-6-14(11)22/h3-8,10,12H,9H2,1-2H3,(H2,23,25,26). The highest BCUT2D eigenvalue weighted by Gasteiger charge is 2.30. The van der Waals surface area contributed by atoms with Crippen LogP contribution in [-0.2, 0) is 14.3 Å². The van der Waals surface area contributed by atoms with Gasteiger partial charge in [-0.2, -0.15) is 0 Å². The van der Waals surface area contributed by atoms with Crippen molar-refractivity contribution in [3.05, 3.63) is 75.7 Å². The molecule has 8 nitrogen and oxygen atoms in total. The molecule has 156 valence electrons. The van der Waals surface area contributed by atoms with Crippen molar-refractivity contribution in [1.82, 2.24) is 4.98 Å². The molecule has 1 aromatic carbocycles. The summed E-state index contributed by atoms with van der Waals surface area (Å²) in [6.07, 6.45) is 0.636. The zero-order chi connectivity index (χ0) is 21.8. The molecule has 30 heavy (non-hydrogen) atoms. The second-order valence-electron chi connectivity index (χ2n) is 6.30. The third-order valence-corrected chi connectivity index (χ3v) is 4.56. The molecule has 2 N–H and O–H groups in total. The highest BCUT2D eigenvalue weighted by molar-refractivity contribution is 5.92. The lowest BCUT2D eigenvalue weighted by molar-refractivity contribution is -0.140. The second-order valence-corrected chi connectivity index (χ2v) is 6.30. The van der Waals surface area contributed by atoms with Crippen LogP contribution in [0.2, 0.25) is 0 Å². The number of furan rings is 1. The van der Waals surface area contributed by atoms with Crippen LogP contribution >= 0.6 is 0 Å². The van der Waals surface area contributed by atoms with E-state index in [1.54, 1.807) is 6.07 Å². The second kappa shape index (κ2) is 8.64. The Morgan fingerprint density at radius 3 is 2.57 bits per heavy atom. The van der Waals surface area contributed by atoms with E-state index in [2.05, 4.69) is 14.5 Å². The lowest BCUT2D eigenvalue weighted by Gasteiger charge is -2.16. The van der Waals surface area contributed by atoms with Gasteiger partial charge in [-0.1, -0.05) is 12.1 Å². The van der Waals surface area contributed by atoms with E-state index >= 15 is 0 Å². The number of hydrogen-bond acceptors (Lipinski definition) is 7. The monoisotopic (exact) mass is 415 g/mol. The highest BCUT2D eigenvalue weighted by Crippen LogP contribution is 2.36. The fraction of sp³-hybridized carbons (Fsp3) is 0.190. The minimum Gasteiger partial charge on any atom is -0.506 e. The number of carbonyl (C=O) groups excluding carboxylic acids is 2. The summed E-state index contributed by atoms with van der Waals surface area (Å²) in [5, 5.41) is 10.6. The Bertz CT molecular complexity index is 1150. The number of ether oxygens (including phenoxy) is 2. The van der Waals surface area contributed by atoms with Crippen molar-refractivity contribution in [3.8, 4) is 17.1 Å². The molecule has 3 aromatic rings. The number of aromatic hydroxyl groups is 1. The van der Waals surface area contributed by atoms with Crippen molar-refractivity contribution in [1.29, 1.82) is 0 Å². The number of H-pyrrole nitrogens is 1. The van der Waals surface area contributed by atoms with E-state index in [1.807, 2.05) is 0 Å². The number of carbonyl (C=O) groups is 2. The smallest absolute Gasteiger partial charge is 0.343 e. The van der Waals surface area contributed by atoms with E-state index in [1.165, 1.54) is 37.4 Å². The zero-order valence-corrected chi connectivity index (χ0v) is 16.1. The Balaban J connectivity index is 2.15. The van der Waals surface area contributed by atoms with Gasteiger partial charge in [0.05, 0.1) is 37.7 Å². The molecule has 0 amide bonds. The Morgan fingerprint density at radius 2 is 1.90 bits per heavy atom. The number of methoxy groups -OCH3 is 2. The molecule has 9 heteroatoms. The van der Waals surface area contributed by atoms with Gasteiger partial charge in [-0.25, -0.2) is 9.18 Å². The van der Waals surface area contributed by atoms with Gasteiger partial charge in [0.1, 0.15) is 28.7 Å². The third-order valence-electron chi connectivity index (χ3n) is 4.56. The van der Waals surface area contributed by atoms with E-state index in [0.29, 0.717) is 0 Å². The number of nitrogens with one attached hydrogen (secondary N) is 1. The van der Waals surface area contributed by atoms with E-state index in [0.717, 1.165) is 13.3 Å². The summed E-state index contributed by atoms with van der Waals surface area (Å²) in [5.41, 5.74) is -1.12. The SMILES string of the molecule is COC(=O)CC(c1ccc(-c2ccccc2F)o1)c1c(O)c(C(=O)OC)c[nH]c1=O. The lowest BCUT2D eigenvalue weighted by Crippen LogP contribution is -2.21. The molecule has 0 spiro atoms. The van der Waals surface area contributed by atoms with Crippen LogP contribution in [0.4, 0.5) is 4.39 Å². The van der Waals surface area contributed by atoms with Crippen molar-refractivity contribution in [2.24, 2.45) is 0 Å². The topological polar surface area (TPSA) is 119 Å². The molecule has 0 fully saturated rings. The van der Waals surface area contributed by atoms with Crippen molar-refractivity contribution in [2.45, 2.75) is 12.3 Å². The zero-order valence-electron chi connectivity index (χ0n) is 16.1. The summed E-state index contributed by atoms with van der Waals surface area (Å²) >= 11 is 0. The lowest BCUT2D eigenvalue weighted by atomic mass is 9.92. The van der Waals surface area contributed by atoms with Gasteiger partial charge >= 0.3 is 11.9 Å². The molecule has 0 aliphatic heterocycles. The number of aromatic amines is 1. The third kappa shape index (κ3) is 3.95. The largest absolute Gasteiger partial charge is 0.506 e. The van der Waals surface area contributed by atoms with Gasteiger partial charge in [-0.3, -0.25) is 9.59 Å². The van der Waals surface area contributed by atoms with E-state index in [4.69, 9.17) is 4.42 Å². The molecule has 0 aliphatic carbocycles. The Kier molecular flexibility index (Phi) is 6.01. The molecule has 2 aromatic heterocycles. The average Bonchev–Trinajstić information content (AvgIpc) is 3.22. The molecule has 0 saturated heterocycles. The van der Waals surface area contributed by atoms with Crippen LogP contribution in [0.3, 0.4) is 0 Å². The van der Waals surface area contributed by atoms with Gasteiger partial charge in [0.2, 0.25) is 0 Å². The molecule has 0 radical (unpaired) electrons. The molecule has 0 saturated carbocycles. The molecule has 1 atom stereocenters. The van der Waals surface area contributed by atoms with Gasteiger partial charge in [0, 0.05) is 6.20 Å². The summed E-state index contributed by atoms with van der Waals surface area (Å²) in [6, 6.07) is 8.86. The quantitative estimate of drug-likeness (QED) is 0.594. The van der Waals surface area contributed by atoms with E-state index in [-0.39, 0.29) is 34.6 Å². The first-order chi connectivity index (χ1) is 14.4. The summed E-state index contributed by atoms with van der Waals surface area (Å²) < 4.78 is 29.1. The summed E-state index contributed by atoms with van der Waals surface area (Å²) in [6.45, 7) is 0. The van der Waals surface area contributed by atoms with Gasteiger partial charge in [0.25, 0.3) is 5.56 Å². The maximum absolute atomic E-state index is 14.1. The van der Waals surface area contributed by atoms with Gasteiger partial charge in [-0.05, 0) is 24.3 Å². The summed E-state index contributed by atoms with van der Waals surface area (Å²) in [7, 11) is 2.28. The number of esters is 2. The first kappa shape index (κ1) is 20.8. The van der Waals surface area contributed by atoms with Crippen LogP contribution in [0.1, 0.15) is 34.0 Å².